The number of aryl methyl sites for hydroxylation is 1. The quantitative estimate of drug-likeness (QED) is 0.568. The molecule has 1 heterocycles. The molecule has 0 fully saturated rings. The highest BCUT2D eigenvalue weighted by Gasteiger charge is 2.12. The van der Waals surface area contributed by atoms with Gasteiger partial charge in [0, 0.05) is 33.4 Å². The van der Waals surface area contributed by atoms with E-state index < -0.39 is 0 Å². The maximum absolute atomic E-state index is 5.38. The molecule has 1 aromatic rings. The molecule has 0 bridgehead atoms. The first-order valence-corrected chi connectivity index (χ1v) is 8.07. The Hall–Kier alpha value is -0.660. The zero-order chi connectivity index (χ0) is 15.0. The Morgan fingerprint density at radius 2 is 2.30 bits per heavy atom. The first-order chi connectivity index (χ1) is 9.60. The van der Waals surface area contributed by atoms with Crippen LogP contribution in [0.4, 0.5) is 0 Å². The van der Waals surface area contributed by atoms with Crippen molar-refractivity contribution in [1.29, 1.82) is 0 Å². The fraction of sp³-hybridized carbons (Fsp3) is 0.692. The molecule has 0 aliphatic carbocycles. The van der Waals surface area contributed by atoms with Gasteiger partial charge in [-0.1, -0.05) is 0 Å². The molecule has 0 aliphatic rings. The lowest BCUT2D eigenvalue weighted by atomic mass is 10.4. The number of rotatable bonds is 8. The number of thiocarbonyl (C=S) groups is 1. The molecule has 114 valence electrons. The van der Waals surface area contributed by atoms with E-state index in [0.29, 0.717) is 0 Å². The molecule has 0 spiro atoms. The van der Waals surface area contributed by atoms with Crippen LogP contribution in [0, 0.1) is 0 Å². The monoisotopic (exact) mass is 362 g/mol. The largest absolute Gasteiger partial charge is 0.382 e. The number of aromatic nitrogens is 2. The Morgan fingerprint density at radius 3 is 2.95 bits per heavy atom. The van der Waals surface area contributed by atoms with Gasteiger partial charge in [-0.2, -0.15) is 5.10 Å². The van der Waals surface area contributed by atoms with Crippen molar-refractivity contribution in [2.24, 2.45) is 0 Å². The van der Waals surface area contributed by atoms with Crippen molar-refractivity contribution in [2.75, 3.05) is 26.8 Å². The molecule has 1 N–H and O–H groups in total. The van der Waals surface area contributed by atoms with Gasteiger partial charge in [0.05, 0.1) is 22.9 Å². The second-order valence-corrected chi connectivity index (χ2v) is 5.63. The first kappa shape index (κ1) is 17.4. The number of nitrogens with one attached hydrogen (secondary N) is 1. The van der Waals surface area contributed by atoms with Crippen molar-refractivity contribution < 1.29 is 4.74 Å². The second kappa shape index (κ2) is 9.31. The van der Waals surface area contributed by atoms with Crippen LogP contribution in [-0.2, 0) is 17.8 Å². The molecule has 1 rings (SSSR count). The average molecular weight is 363 g/mol. The lowest BCUT2D eigenvalue weighted by molar-refractivity contribution is 0.145. The van der Waals surface area contributed by atoms with E-state index in [-0.39, 0.29) is 0 Å². The lowest BCUT2D eigenvalue weighted by Crippen LogP contribution is -2.37. The van der Waals surface area contributed by atoms with E-state index in [1.807, 2.05) is 29.7 Å². The standard InChI is InChI=1S/C13H23BrN4OS/c1-4-18-12(11(14)9-16-18)10-17(3)13(20)15-7-6-8-19-5-2/h9H,4-8,10H2,1-3H3,(H,15,20). The Labute approximate surface area is 134 Å². The molecule has 0 radical (unpaired) electrons. The summed E-state index contributed by atoms with van der Waals surface area (Å²) in [5, 5.41) is 8.30. The third kappa shape index (κ3) is 5.38. The van der Waals surface area contributed by atoms with Crippen LogP contribution in [0.2, 0.25) is 0 Å². The van der Waals surface area contributed by atoms with Crippen molar-refractivity contribution in [1.82, 2.24) is 20.0 Å². The minimum absolute atomic E-state index is 0.728. The summed E-state index contributed by atoms with van der Waals surface area (Å²) in [5.41, 5.74) is 1.13. The summed E-state index contributed by atoms with van der Waals surface area (Å²) in [4.78, 5) is 2.02. The molecule has 0 unspecified atom stereocenters. The third-order valence-electron chi connectivity index (χ3n) is 2.88. The van der Waals surface area contributed by atoms with Crippen LogP contribution in [0.25, 0.3) is 0 Å². The molecule has 0 amide bonds. The van der Waals surface area contributed by atoms with E-state index in [9.17, 15) is 0 Å². The zero-order valence-electron chi connectivity index (χ0n) is 12.4. The Morgan fingerprint density at radius 1 is 1.55 bits per heavy atom. The van der Waals surface area contributed by atoms with Crippen molar-refractivity contribution in [3.8, 4) is 0 Å². The zero-order valence-corrected chi connectivity index (χ0v) is 14.8. The van der Waals surface area contributed by atoms with Crippen molar-refractivity contribution >= 4 is 33.3 Å². The summed E-state index contributed by atoms with van der Waals surface area (Å²) >= 11 is 8.91. The first-order valence-electron chi connectivity index (χ1n) is 6.87. The maximum Gasteiger partial charge on any atom is 0.169 e. The van der Waals surface area contributed by atoms with Crippen LogP contribution in [-0.4, -0.2) is 46.6 Å². The molecule has 0 aromatic carbocycles. The Bertz CT molecular complexity index is 425. The minimum Gasteiger partial charge on any atom is -0.382 e. The van der Waals surface area contributed by atoms with Crippen LogP contribution in [0.5, 0.6) is 0 Å². The van der Waals surface area contributed by atoms with E-state index in [2.05, 4.69) is 33.3 Å². The summed E-state index contributed by atoms with van der Waals surface area (Å²) < 4.78 is 8.28. The lowest BCUT2D eigenvalue weighted by Gasteiger charge is -2.21. The van der Waals surface area contributed by atoms with Crippen LogP contribution in [0.1, 0.15) is 26.0 Å². The summed E-state index contributed by atoms with van der Waals surface area (Å²) in [6.45, 7) is 8.02. The predicted octanol–water partition coefficient (Wildman–Crippen LogP) is 2.40. The molecule has 5 nitrogen and oxygen atoms in total. The van der Waals surface area contributed by atoms with Crippen molar-refractivity contribution in [3.05, 3.63) is 16.4 Å². The highest BCUT2D eigenvalue weighted by Crippen LogP contribution is 2.17. The molecule has 0 aliphatic heterocycles. The van der Waals surface area contributed by atoms with Crippen molar-refractivity contribution in [2.45, 2.75) is 33.4 Å². The number of ether oxygens (including phenoxy) is 1. The second-order valence-electron chi connectivity index (χ2n) is 4.39. The topological polar surface area (TPSA) is 42.3 Å². The van der Waals surface area contributed by atoms with Gasteiger partial charge in [-0.05, 0) is 48.4 Å². The summed E-state index contributed by atoms with van der Waals surface area (Å²) in [6.07, 6.45) is 2.78. The fourth-order valence-corrected chi connectivity index (χ4v) is 2.35. The third-order valence-corrected chi connectivity index (χ3v) is 4.00. The molecule has 0 saturated heterocycles. The SMILES string of the molecule is CCOCCCNC(=S)N(C)Cc1c(Br)cnn1CC. The van der Waals surface area contributed by atoms with E-state index in [1.54, 1.807) is 0 Å². The molecule has 7 heteroatoms. The van der Waals surface area contributed by atoms with Crippen LogP contribution in [0.15, 0.2) is 10.7 Å². The van der Waals surface area contributed by atoms with Crippen molar-refractivity contribution in [3.63, 3.8) is 0 Å². The van der Waals surface area contributed by atoms with Gasteiger partial charge in [0.2, 0.25) is 0 Å². The molecular formula is C13H23BrN4OS. The molecule has 20 heavy (non-hydrogen) atoms. The number of nitrogens with zero attached hydrogens (tertiary/aromatic N) is 3. The van der Waals surface area contributed by atoms with Crippen LogP contribution >= 0.6 is 28.1 Å². The number of hydrogen-bond acceptors (Lipinski definition) is 3. The van der Waals surface area contributed by atoms with Gasteiger partial charge in [-0.3, -0.25) is 4.68 Å². The smallest absolute Gasteiger partial charge is 0.169 e. The summed E-state index contributed by atoms with van der Waals surface area (Å²) in [5.74, 6) is 0. The predicted molar refractivity (Wildman–Crippen MR) is 88.8 cm³/mol. The molecule has 1 aromatic heterocycles. The van der Waals surface area contributed by atoms with Gasteiger partial charge < -0.3 is 15.0 Å². The van der Waals surface area contributed by atoms with E-state index >= 15 is 0 Å². The van der Waals surface area contributed by atoms with E-state index in [4.69, 9.17) is 17.0 Å². The fourth-order valence-electron chi connectivity index (χ4n) is 1.76. The normalized spacial score (nSPS) is 10.6. The van der Waals surface area contributed by atoms with E-state index in [1.165, 1.54) is 0 Å². The number of halogens is 1. The van der Waals surface area contributed by atoms with Gasteiger partial charge in [0.25, 0.3) is 0 Å². The van der Waals surface area contributed by atoms with Gasteiger partial charge in [-0.15, -0.1) is 0 Å². The molecule has 0 atom stereocenters. The average Bonchev–Trinajstić information content (AvgIpc) is 2.79. The number of hydrogen-bond donors (Lipinski definition) is 1. The van der Waals surface area contributed by atoms with Gasteiger partial charge >= 0.3 is 0 Å². The van der Waals surface area contributed by atoms with Gasteiger partial charge in [0.1, 0.15) is 0 Å². The summed E-state index contributed by atoms with van der Waals surface area (Å²) in [6, 6.07) is 0. The Kier molecular flexibility index (Phi) is 8.09. The highest BCUT2D eigenvalue weighted by atomic mass is 79.9. The van der Waals surface area contributed by atoms with Gasteiger partial charge in [0.15, 0.2) is 5.11 Å². The maximum atomic E-state index is 5.38. The van der Waals surface area contributed by atoms with Gasteiger partial charge in [-0.25, -0.2) is 0 Å². The van der Waals surface area contributed by atoms with Crippen LogP contribution < -0.4 is 5.32 Å². The highest BCUT2D eigenvalue weighted by molar-refractivity contribution is 9.10. The van der Waals surface area contributed by atoms with E-state index in [0.717, 1.165) is 54.5 Å². The minimum atomic E-state index is 0.728. The summed E-state index contributed by atoms with van der Waals surface area (Å²) in [7, 11) is 1.98. The molecular weight excluding hydrogens is 340 g/mol. The molecule has 0 saturated carbocycles. The Balaban J connectivity index is 2.39. The van der Waals surface area contributed by atoms with Crippen LogP contribution in [0.3, 0.4) is 0 Å².